The molecule has 2 atom stereocenters. The van der Waals surface area contributed by atoms with Crippen molar-refractivity contribution in [2.24, 2.45) is 0 Å². The molecular formula is C28H38N4O4. The largest absolute Gasteiger partial charge is 0.376 e. The highest BCUT2D eigenvalue weighted by Gasteiger charge is 2.39. The Bertz CT molecular complexity index is 1050. The lowest BCUT2D eigenvalue weighted by Gasteiger charge is -2.33. The molecule has 0 amide bonds. The summed E-state index contributed by atoms with van der Waals surface area (Å²) in [5.41, 5.74) is 5.54. The number of allylic oxidation sites excluding steroid dienone is 1. The number of aromatic nitrogens is 1. The first kappa shape index (κ1) is 27.3. The second-order valence-corrected chi connectivity index (χ2v) is 9.00. The Morgan fingerprint density at radius 3 is 2.58 bits per heavy atom. The first-order valence-corrected chi connectivity index (χ1v) is 12.9. The minimum Gasteiger partial charge on any atom is -0.376 e. The van der Waals surface area contributed by atoms with Gasteiger partial charge in [0.1, 0.15) is 11.8 Å². The van der Waals surface area contributed by atoms with Crippen LogP contribution in [0.3, 0.4) is 0 Å². The van der Waals surface area contributed by atoms with Gasteiger partial charge in [0.05, 0.1) is 30.6 Å². The normalized spacial score (nSPS) is 23.8. The molecule has 8 heteroatoms. The van der Waals surface area contributed by atoms with Crippen LogP contribution in [-0.4, -0.2) is 46.4 Å². The van der Waals surface area contributed by atoms with Crippen LogP contribution in [0, 0.1) is 28.9 Å². The molecule has 1 N–H and O–H groups in total. The minimum absolute atomic E-state index is 0.170. The lowest BCUT2D eigenvalue weighted by molar-refractivity contribution is -0.551. The van der Waals surface area contributed by atoms with E-state index in [1.54, 1.807) is 13.1 Å². The Labute approximate surface area is 214 Å². The highest BCUT2D eigenvalue weighted by atomic mass is 16.7. The van der Waals surface area contributed by atoms with E-state index < -0.39 is 5.03 Å². The van der Waals surface area contributed by atoms with Gasteiger partial charge in [-0.3, -0.25) is 0 Å². The standard InChI is InChI=1S/C26H32N4O4.C2H6/c1-3-7-23(16-22-17-27-34-19(22)2)29-15-14-25(28-30(31)32)26(29)18-33-24-12-10-21(11-13-24)20-8-5-4-6-9-20;1-2/h4-6,8-9,16-17,21,24-26,28H,10-15,18H2,1-2H3;1-2H3/b23-16+;. The third kappa shape index (κ3) is 7.11. The number of rotatable bonds is 8. The number of hydrogen-bond donors (Lipinski definition) is 1. The van der Waals surface area contributed by atoms with Gasteiger partial charge in [0.2, 0.25) is 0 Å². The second kappa shape index (κ2) is 13.7. The number of nitrogens with one attached hydrogen (secondary N) is 1. The summed E-state index contributed by atoms with van der Waals surface area (Å²) in [5, 5.41) is 14.6. The summed E-state index contributed by atoms with van der Waals surface area (Å²) in [6.45, 7) is 8.71. The summed E-state index contributed by atoms with van der Waals surface area (Å²) in [4.78, 5) is 13.4. The Kier molecular flexibility index (Phi) is 10.4. The van der Waals surface area contributed by atoms with E-state index in [-0.39, 0.29) is 18.2 Å². The first-order chi connectivity index (χ1) is 17.5. The van der Waals surface area contributed by atoms with Gasteiger partial charge in [-0.05, 0) is 69.4 Å². The Hall–Kier alpha value is -3.31. The average molecular weight is 495 g/mol. The zero-order valence-corrected chi connectivity index (χ0v) is 21.8. The summed E-state index contributed by atoms with van der Waals surface area (Å²) in [6.07, 6.45) is 8.59. The monoisotopic (exact) mass is 494 g/mol. The molecule has 2 aliphatic rings. The zero-order chi connectivity index (χ0) is 25.9. The van der Waals surface area contributed by atoms with Crippen molar-refractivity contribution in [3.63, 3.8) is 0 Å². The summed E-state index contributed by atoms with van der Waals surface area (Å²) in [7, 11) is 0. The fraction of sp³-hybridized carbons (Fsp3) is 0.536. The van der Waals surface area contributed by atoms with E-state index in [4.69, 9.17) is 9.26 Å². The maximum Gasteiger partial charge on any atom is 0.157 e. The fourth-order valence-corrected chi connectivity index (χ4v) is 5.08. The van der Waals surface area contributed by atoms with Crippen molar-refractivity contribution in [2.45, 2.75) is 83.9 Å². The first-order valence-electron chi connectivity index (χ1n) is 12.9. The van der Waals surface area contributed by atoms with Crippen molar-refractivity contribution < 1.29 is 14.3 Å². The van der Waals surface area contributed by atoms with Crippen LogP contribution in [0.5, 0.6) is 0 Å². The quantitative estimate of drug-likeness (QED) is 0.301. The Morgan fingerprint density at radius 1 is 1.25 bits per heavy atom. The predicted molar refractivity (Wildman–Crippen MR) is 140 cm³/mol. The van der Waals surface area contributed by atoms with E-state index in [1.165, 1.54) is 5.56 Å². The maximum absolute atomic E-state index is 11.3. The van der Waals surface area contributed by atoms with Crippen molar-refractivity contribution in [1.29, 1.82) is 0 Å². The number of nitro groups is 1. The van der Waals surface area contributed by atoms with Crippen LogP contribution in [0.1, 0.15) is 75.7 Å². The minimum atomic E-state index is -0.453. The lowest BCUT2D eigenvalue weighted by atomic mass is 9.83. The van der Waals surface area contributed by atoms with E-state index in [1.807, 2.05) is 26.8 Å². The van der Waals surface area contributed by atoms with E-state index in [2.05, 4.69) is 57.7 Å². The topological polar surface area (TPSA) is 93.7 Å². The molecule has 0 spiro atoms. The number of hydrogen-bond acceptors (Lipinski definition) is 6. The van der Waals surface area contributed by atoms with Crippen LogP contribution in [-0.2, 0) is 4.74 Å². The van der Waals surface area contributed by atoms with Gasteiger partial charge in [-0.2, -0.15) is 0 Å². The van der Waals surface area contributed by atoms with Gasteiger partial charge in [-0.15, -0.1) is 5.43 Å². The highest BCUT2D eigenvalue weighted by molar-refractivity contribution is 5.58. The summed E-state index contributed by atoms with van der Waals surface area (Å²) >= 11 is 0. The van der Waals surface area contributed by atoms with Gasteiger partial charge in [0, 0.05) is 12.1 Å². The van der Waals surface area contributed by atoms with Gasteiger partial charge in [-0.1, -0.05) is 55.3 Å². The number of nitrogens with zero attached hydrogens (tertiary/aromatic N) is 3. The van der Waals surface area contributed by atoms with Crippen molar-refractivity contribution in [3.05, 3.63) is 69.2 Å². The van der Waals surface area contributed by atoms with Crippen LogP contribution < -0.4 is 5.43 Å². The van der Waals surface area contributed by atoms with Gasteiger partial charge >= 0.3 is 0 Å². The van der Waals surface area contributed by atoms with Gasteiger partial charge < -0.3 is 14.2 Å². The molecule has 36 heavy (non-hydrogen) atoms. The lowest BCUT2D eigenvalue weighted by Crippen LogP contribution is -2.47. The molecular weight excluding hydrogens is 456 g/mol. The highest BCUT2D eigenvalue weighted by Crippen LogP contribution is 2.34. The third-order valence-electron chi connectivity index (χ3n) is 6.91. The summed E-state index contributed by atoms with van der Waals surface area (Å²) in [5.74, 6) is 7.43. The molecule has 194 valence electrons. The van der Waals surface area contributed by atoms with Gasteiger partial charge in [0.15, 0.2) is 5.03 Å². The van der Waals surface area contributed by atoms with Crippen molar-refractivity contribution in [3.8, 4) is 11.8 Å². The number of benzene rings is 1. The van der Waals surface area contributed by atoms with Gasteiger partial charge in [0.25, 0.3) is 0 Å². The fourth-order valence-electron chi connectivity index (χ4n) is 5.08. The molecule has 1 saturated heterocycles. The second-order valence-electron chi connectivity index (χ2n) is 9.00. The Balaban J connectivity index is 0.00000176. The number of ether oxygens (including phenoxy) is 1. The average Bonchev–Trinajstić information content (AvgIpc) is 3.49. The zero-order valence-electron chi connectivity index (χ0n) is 21.8. The van der Waals surface area contributed by atoms with Crippen molar-refractivity contribution in [2.75, 3.05) is 13.2 Å². The molecule has 4 rings (SSSR count). The van der Waals surface area contributed by atoms with E-state index in [9.17, 15) is 10.1 Å². The van der Waals surface area contributed by atoms with Gasteiger partial charge in [-0.25, -0.2) is 10.1 Å². The van der Waals surface area contributed by atoms with Crippen molar-refractivity contribution >= 4 is 6.08 Å². The van der Waals surface area contributed by atoms with E-state index in [0.29, 0.717) is 31.3 Å². The molecule has 1 aliphatic heterocycles. The van der Waals surface area contributed by atoms with Crippen LogP contribution in [0.15, 0.2) is 46.7 Å². The summed E-state index contributed by atoms with van der Waals surface area (Å²) < 4.78 is 11.6. The van der Waals surface area contributed by atoms with Crippen LogP contribution in [0.2, 0.25) is 0 Å². The molecule has 0 bridgehead atoms. The molecule has 1 saturated carbocycles. The van der Waals surface area contributed by atoms with Crippen molar-refractivity contribution in [1.82, 2.24) is 15.5 Å². The van der Waals surface area contributed by atoms with Crippen LogP contribution >= 0.6 is 0 Å². The van der Waals surface area contributed by atoms with E-state index in [0.717, 1.165) is 36.9 Å². The number of aryl methyl sites for hydroxylation is 1. The smallest absolute Gasteiger partial charge is 0.157 e. The molecule has 2 fully saturated rings. The van der Waals surface area contributed by atoms with Crippen LogP contribution in [0.4, 0.5) is 0 Å². The molecule has 1 aliphatic carbocycles. The molecule has 8 nitrogen and oxygen atoms in total. The third-order valence-corrected chi connectivity index (χ3v) is 6.91. The van der Waals surface area contributed by atoms with Crippen LogP contribution in [0.25, 0.3) is 6.08 Å². The number of likely N-dealkylation sites (tertiary alicyclic amines) is 1. The predicted octanol–water partition coefficient (Wildman–Crippen LogP) is 5.34. The molecule has 2 aromatic rings. The molecule has 1 aromatic heterocycles. The molecule has 0 radical (unpaired) electrons. The molecule has 2 unspecified atom stereocenters. The Morgan fingerprint density at radius 2 is 1.97 bits per heavy atom. The summed E-state index contributed by atoms with van der Waals surface area (Å²) in [6, 6.07) is 10.1. The maximum atomic E-state index is 11.3. The number of hydrazine groups is 1. The molecule has 2 heterocycles. The molecule has 1 aromatic carbocycles. The SMILES string of the molecule is CC.CC#C/C(=C\c1cnoc1C)N1CCC(N[N+](=O)[O-])C1COC1CCC(c2ccccc2)CC1. The van der Waals surface area contributed by atoms with E-state index >= 15 is 0 Å².